The molecule has 0 radical (unpaired) electrons. The van der Waals surface area contributed by atoms with Crippen LogP contribution in [-0.4, -0.2) is 49.8 Å². The van der Waals surface area contributed by atoms with Gasteiger partial charge in [0.15, 0.2) is 17.5 Å². The zero-order valence-corrected chi connectivity index (χ0v) is 21.2. The van der Waals surface area contributed by atoms with E-state index in [9.17, 15) is 13.6 Å². The third-order valence-corrected chi connectivity index (χ3v) is 5.83. The number of guanidine groups is 1. The molecule has 4 rings (SSSR count). The Hall–Kier alpha value is -4.03. The molecule has 0 spiro atoms. The molecule has 0 bridgehead atoms. The van der Waals surface area contributed by atoms with Crippen molar-refractivity contribution in [3.05, 3.63) is 81.6 Å². The molecular weight excluding hydrogens is 527 g/mol. The fourth-order valence-corrected chi connectivity index (χ4v) is 4.00. The molecule has 0 saturated heterocycles. The van der Waals surface area contributed by atoms with E-state index in [1.54, 1.807) is 20.2 Å². The van der Waals surface area contributed by atoms with Crippen LogP contribution in [0.5, 0.6) is 0 Å². The Morgan fingerprint density at radius 1 is 1.19 bits per heavy atom. The number of aryl methyl sites for hydroxylation is 1. The van der Waals surface area contributed by atoms with Gasteiger partial charge in [0.2, 0.25) is 5.96 Å². The Kier molecular flexibility index (Phi) is 7.41. The fraction of sp³-hybridized carbons (Fsp3) is 0.174. The van der Waals surface area contributed by atoms with Gasteiger partial charge in [-0.05, 0) is 24.3 Å². The van der Waals surface area contributed by atoms with Crippen molar-refractivity contribution < 1.29 is 13.6 Å². The molecule has 0 saturated carbocycles. The summed E-state index contributed by atoms with van der Waals surface area (Å²) in [4.78, 5) is 28.4. The number of amides is 2. The van der Waals surface area contributed by atoms with Gasteiger partial charge >= 0.3 is 6.03 Å². The minimum atomic E-state index is -1.15. The van der Waals surface area contributed by atoms with Crippen LogP contribution in [0.1, 0.15) is 17.0 Å². The van der Waals surface area contributed by atoms with Crippen LogP contribution in [-0.2, 0) is 20.1 Å². The van der Waals surface area contributed by atoms with Crippen molar-refractivity contribution in [1.29, 1.82) is 0 Å². The van der Waals surface area contributed by atoms with Crippen molar-refractivity contribution in [1.82, 2.24) is 24.6 Å². The zero-order valence-electron chi connectivity index (χ0n) is 19.7. The summed E-state index contributed by atoms with van der Waals surface area (Å²) >= 11 is 12.3. The number of halogens is 4. The number of hydrogen-bond donors (Lipinski definition) is 2. The van der Waals surface area contributed by atoms with E-state index in [-0.39, 0.29) is 33.9 Å². The molecule has 10 nitrogen and oxygen atoms in total. The SMILES string of the molecule is C=C1N=C(Nc2cc(C=NC)c(N)cc2Cl)N(Cc2cc(Cl)cc(F)c2F)C(=O)N1Cc1ncn(C)n1. The minimum Gasteiger partial charge on any atom is -0.398 e. The summed E-state index contributed by atoms with van der Waals surface area (Å²) in [6.45, 7) is 3.40. The fourth-order valence-electron chi connectivity index (χ4n) is 3.55. The Labute approximate surface area is 220 Å². The summed E-state index contributed by atoms with van der Waals surface area (Å²) in [7, 11) is 3.26. The number of aromatic nitrogens is 3. The van der Waals surface area contributed by atoms with Gasteiger partial charge in [-0.15, -0.1) is 0 Å². The first-order valence-electron chi connectivity index (χ1n) is 10.7. The predicted octanol–water partition coefficient (Wildman–Crippen LogP) is 4.41. The quantitative estimate of drug-likeness (QED) is 0.269. The zero-order chi connectivity index (χ0) is 26.9. The summed E-state index contributed by atoms with van der Waals surface area (Å²) in [5.41, 5.74) is 7.12. The number of aliphatic imine (C=N–C) groups is 2. The molecule has 2 heterocycles. The second-order valence-corrected chi connectivity index (χ2v) is 8.82. The van der Waals surface area contributed by atoms with Crippen molar-refractivity contribution in [3.8, 4) is 0 Å². The maximum atomic E-state index is 14.7. The minimum absolute atomic E-state index is 0.0335. The third kappa shape index (κ3) is 5.54. The first-order chi connectivity index (χ1) is 17.6. The Morgan fingerprint density at radius 2 is 1.95 bits per heavy atom. The molecule has 3 aromatic rings. The van der Waals surface area contributed by atoms with Crippen LogP contribution < -0.4 is 11.1 Å². The second kappa shape index (κ2) is 10.5. The number of nitrogens with zero attached hydrogens (tertiary/aromatic N) is 7. The van der Waals surface area contributed by atoms with Gasteiger partial charge in [0, 0.05) is 42.1 Å². The molecule has 1 aliphatic rings. The number of nitrogens with one attached hydrogen (secondary N) is 1. The topological polar surface area (TPSA) is 117 Å². The molecule has 14 heteroatoms. The number of carbonyl (C=O) groups is 1. The predicted molar refractivity (Wildman–Crippen MR) is 138 cm³/mol. The number of nitrogens with two attached hydrogens (primary N) is 1. The molecule has 2 aromatic carbocycles. The summed E-state index contributed by atoms with van der Waals surface area (Å²) < 4.78 is 30.2. The summed E-state index contributed by atoms with van der Waals surface area (Å²) in [6, 6.07) is 4.55. The Bertz CT molecular complexity index is 1450. The highest BCUT2D eigenvalue weighted by Gasteiger charge is 2.34. The smallest absolute Gasteiger partial charge is 0.333 e. The highest BCUT2D eigenvalue weighted by molar-refractivity contribution is 6.34. The Balaban J connectivity index is 1.75. The van der Waals surface area contributed by atoms with E-state index < -0.39 is 24.2 Å². The van der Waals surface area contributed by atoms with E-state index in [1.807, 2.05) is 0 Å². The second-order valence-electron chi connectivity index (χ2n) is 7.97. The molecule has 0 fully saturated rings. The van der Waals surface area contributed by atoms with Gasteiger partial charge in [-0.1, -0.05) is 29.8 Å². The maximum Gasteiger partial charge on any atom is 0.333 e. The van der Waals surface area contributed by atoms with E-state index >= 15 is 0 Å². The summed E-state index contributed by atoms with van der Waals surface area (Å²) in [6.07, 6.45) is 3.01. The van der Waals surface area contributed by atoms with Crippen LogP contribution in [0, 0.1) is 11.6 Å². The number of urea groups is 1. The lowest BCUT2D eigenvalue weighted by atomic mass is 10.1. The van der Waals surface area contributed by atoms with Crippen LogP contribution >= 0.6 is 23.2 Å². The van der Waals surface area contributed by atoms with E-state index in [2.05, 4.69) is 32.0 Å². The highest BCUT2D eigenvalue weighted by atomic mass is 35.5. The lowest BCUT2D eigenvalue weighted by molar-refractivity contribution is 0.178. The normalized spacial score (nSPS) is 14.1. The van der Waals surface area contributed by atoms with Crippen LogP contribution in [0.25, 0.3) is 0 Å². The largest absolute Gasteiger partial charge is 0.398 e. The molecule has 192 valence electrons. The van der Waals surface area contributed by atoms with Crippen LogP contribution in [0.4, 0.5) is 25.0 Å². The van der Waals surface area contributed by atoms with Crippen LogP contribution in [0.15, 0.2) is 53.0 Å². The monoisotopic (exact) mass is 547 g/mol. The van der Waals surface area contributed by atoms with Crippen LogP contribution in [0.3, 0.4) is 0 Å². The molecule has 0 aliphatic carbocycles. The van der Waals surface area contributed by atoms with Gasteiger partial charge in [0.05, 0.1) is 23.8 Å². The third-order valence-electron chi connectivity index (χ3n) is 5.29. The highest BCUT2D eigenvalue weighted by Crippen LogP contribution is 2.30. The van der Waals surface area contributed by atoms with Crippen molar-refractivity contribution in [2.24, 2.45) is 17.0 Å². The average molecular weight is 548 g/mol. The molecule has 1 aromatic heterocycles. The van der Waals surface area contributed by atoms with E-state index in [0.29, 0.717) is 22.8 Å². The van der Waals surface area contributed by atoms with Gasteiger partial charge < -0.3 is 11.1 Å². The standard InChI is InChI=1S/C23H21Cl2F2N9O/c1-12-31-22(32-19-5-13(8-29-2)18(28)7-16(19)25)36(9-14-4-15(24)6-17(26)21(14)27)23(37)35(12)10-20-30-11-34(3)33-20/h4-8,11H,1,9-10,28H2,2-3H3,(H,31,32). The number of hydrogen-bond acceptors (Lipinski definition) is 7. The number of rotatable bonds is 6. The van der Waals surface area contributed by atoms with Crippen molar-refractivity contribution in [2.75, 3.05) is 18.1 Å². The van der Waals surface area contributed by atoms with Crippen molar-refractivity contribution in [2.45, 2.75) is 13.1 Å². The van der Waals surface area contributed by atoms with E-state index in [1.165, 1.54) is 34.3 Å². The van der Waals surface area contributed by atoms with Crippen molar-refractivity contribution in [3.63, 3.8) is 0 Å². The molecule has 1 aliphatic heterocycles. The lowest BCUT2D eigenvalue weighted by Gasteiger charge is -2.35. The molecule has 0 unspecified atom stereocenters. The van der Waals surface area contributed by atoms with E-state index in [4.69, 9.17) is 28.9 Å². The number of benzene rings is 2. The molecular formula is C23H21Cl2F2N9O. The number of anilines is 2. The number of nitrogen functional groups attached to an aromatic ring is 1. The van der Waals surface area contributed by atoms with Crippen LogP contribution in [0.2, 0.25) is 10.0 Å². The van der Waals surface area contributed by atoms with E-state index in [0.717, 1.165) is 11.0 Å². The summed E-state index contributed by atoms with van der Waals surface area (Å²) in [5, 5.41) is 7.35. The number of carbonyl (C=O) groups excluding carboxylic acids is 1. The summed E-state index contributed by atoms with van der Waals surface area (Å²) in [5.74, 6) is -1.94. The van der Waals surface area contributed by atoms with Crippen molar-refractivity contribution >= 4 is 52.8 Å². The average Bonchev–Trinajstić information content (AvgIpc) is 3.24. The van der Waals surface area contributed by atoms with Gasteiger partial charge in [-0.25, -0.2) is 18.6 Å². The molecule has 3 N–H and O–H groups in total. The van der Waals surface area contributed by atoms with Gasteiger partial charge in [0.1, 0.15) is 12.1 Å². The maximum absolute atomic E-state index is 14.7. The first-order valence-corrected chi connectivity index (χ1v) is 11.5. The molecule has 2 amide bonds. The lowest BCUT2D eigenvalue weighted by Crippen LogP contribution is -2.51. The first kappa shape index (κ1) is 26.0. The van der Waals surface area contributed by atoms with Gasteiger partial charge in [0.25, 0.3) is 0 Å². The molecule has 0 atom stereocenters. The Morgan fingerprint density at radius 3 is 2.62 bits per heavy atom. The van der Waals surface area contributed by atoms with Gasteiger partial charge in [-0.3, -0.25) is 19.5 Å². The molecule has 37 heavy (non-hydrogen) atoms. The van der Waals surface area contributed by atoms with Gasteiger partial charge in [-0.2, -0.15) is 10.1 Å².